The lowest BCUT2D eigenvalue weighted by Crippen LogP contribution is -2.35. The number of aromatic nitrogens is 5. The van der Waals surface area contributed by atoms with Crippen LogP contribution in [-0.2, 0) is 7.05 Å². The average molecular weight is 334 g/mol. The van der Waals surface area contributed by atoms with Gasteiger partial charge in [0.05, 0.1) is 17.5 Å². The van der Waals surface area contributed by atoms with Crippen molar-refractivity contribution in [3.8, 4) is 0 Å². The van der Waals surface area contributed by atoms with Gasteiger partial charge in [-0.15, -0.1) is 0 Å². The van der Waals surface area contributed by atoms with Crippen LogP contribution in [0.25, 0.3) is 22.1 Å². The number of oxazole rings is 1. The number of hydrogen-bond acceptors (Lipinski definition) is 6. The van der Waals surface area contributed by atoms with E-state index in [1.165, 1.54) is 0 Å². The Labute approximate surface area is 144 Å². The second-order valence-corrected chi connectivity index (χ2v) is 6.51. The number of nitrogens with zero attached hydrogens (tertiary/aromatic N) is 6. The molecule has 7 nitrogen and oxygen atoms in total. The molecule has 4 aromatic rings. The van der Waals surface area contributed by atoms with Crippen molar-refractivity contribution in [1.29, 1.82) is 0 Å². The number of hydrogen-bond donors (Lipinski definition) is 0. The van der Waals surface area contributed by atoms with Crippen LogP contribution < -0.4 is 4.90 Å². The van der Waals surface area contributed by atoms with Gasteiger partial charge >= 0.3 is 0 Å². The number of para-hydroxylation sites is 2. The van der Waals surface area contributed by atoms with Gasteiger partial charge < -0.3 is 9.32 Å². The summed E-state index contributed by atoms with van der Waals surface area (Å²) >= 11 is 0. The minimum Gasteiger partial charge on any atom is -0.440 e. The molecule has 126 valence electrons. The second-order valence-electron chi connectivity index (χ2n) is 6.51. The maximum absolute atomic E-state index is 6.00. The minimum absolute atomic E-state index is 0.267. The number of piperidine rings is 1. The van der Waals surface area contributed by atoms with Crippen molar-refractivity contribution in [2.24, 2.45) is 7.05 Å². The molecule has 0 radical (unpaired) electrons. The third-order valence-electron chi connectivity index (χ3n) is 4.89. The summed E-state index contributed by atoms with van der Waals surface area (Å²) < 4.78 is 7.78. The van der Waals surface area contributed by atoms with Crippen LogP contribution in [-0.4, -0.2) is 37.8 Å². The van der Waals surface area contributed by atoms with Gasteiger partial charge in [0.25, 0.3) is 0 Å². The summed E-state index contributed by atoms with van der Waals surface area (Å²) in [6.45, 7) is 1.81. The Balaban J connectivity index is 1.49. The first-order valence-corrected chi connectivity index (χ1v) is 8.53. The highest BCUT2D eigenvalue weighted by molar-refractivity contribution is 5.86. The molecule has 1 aliphatic rings. The van der Waals surface area contributed by atoms with E-state index in [-0.39, 0.29) is 5.92 Å². The van der Waals surface area contributed by atoms with Crippen LogP contribution >= 0.6 is 0 Å². The Morgan fingerprint density at radius 2 is 2.12 bits per heavy atom. The van der Waals surface area contributed by atoms with Crippen LogP contribution in [0.4, 0.5) is 5.82 Å². The lowest BCUT2D eigenvalue weighted by Gasteiger charge is -2.32. The zero-order valence-electron chi connectivity index (χ0n) is 14.0. The van der Waals surface area contributed by atoms with Gasteiger partial charge in [-0.3, -0.25) is 4.68 Å². The fourth-order valence-corrected chi connectivity index (χ4v) is 3.64. The molecule has 7 heteroatoms. The summed E-state index contributed by atoms with van der Waals surface area (Å²) in [6.07, 6.45) is 5.61. The number of rotatable bonds is 2. The van der Waals surface area contributed by atoms with E-state index >= 15 is 0 Å². The Morgan fingerprint density at radius 3 is 3.04 bits per heavy atom. The molecule has 0 spiro atoms. The molecule has 0 unspecified atom stereocenters. The second kappa shape index (κ2) is 5.54. The zero-order chi connectivity index (χ0) is 16.8. The fraction of sp³-hybridized carbons (Fsp3) is 0.333. The van der Waals surface area contributed by atoms with Gasteiger partial charge in [-0.05, 0) is 25.0 Å². The number of fused-ring (bicyclic) bond motifs is 2. The fourth-order valence-electron chi connectivity index (χ4n) is 3.64. The van der Waals surface area contributed by atoms with E-state index in [2.05, 4.69) is 25.0 Å². The molecular formula is C18H18N6O. The van der Waals surface area contributed by atoms with E-state index in [0.717, 1.165) is 59.8 Å². The van der Waals surface area contributed by atoms with E-state index in [1.807, 2.05) is 37.5 Å². The van der Waals surface area contributed by atoms with Crippen molar-refractivity contribution >= 4 is 28.0 Å². The number of aryl methyl sites for hydroxylation is 1. The molecule has 1 fully saturated rings. The van der Waals surface area contributed by atoms with Crippen LogP contribution in [0.15, 0.2) is 41.2 Å². The normalized spacial score (nSPS) is 18.3. The predicted octanol–water partition coefficient (Wildman–Crippen LogP) is 2.89. The summed E-state index contributed by atoms with van der Waals surface area (Å²) in [6, 6.07) is 7.93. The third kappa shape index (κ3) is 2.34. The molecule has 1 saturated heterocycles. The summed E-state index contributed by atoms with van der Waals surface area (Å²) in [5.74, 6) is 2.03. The lowest BCUT2D eigenvalue weighted by molar-refractivity contribution is 0.412. The summed E-state index contributed by atoms with van der Waals surface area (Å²) in [5, 5.41) is 5.30. The Kier molecular flexibility index (Phi) is 3.19. The van der Waals surface area contributed by atoms with Crippen LogP contribution in [0.3, 0.4) is 0 Å². The first kappa shape index (κ1) is 14.4. The molecule has 0 saturated carbocycles. The molecular weight excluding hydrogens is 316 g/mol. The largest absolute Gasteiger partial charge is 0.440 e. The van der Waals surface area contributed by atoms with Crippen molar-refractivity contribution in [3.05, 3.63) is 42.7 Å². The maximum atomic E-state index is 6.00. The molecule has 0 amide bonds. The molecule has 0 aliphatic carbocycles. The van der Waals surface area contributed by atoms with Crippen LogP contribution in [0.2, 0.25) is 0 Å². The van der Waals surface area contributed by atoms with Crippen molar-refractivity contribution in [3.63, 3.8) is 0 Å². The van der Waals surface area contributed by atoms with Crippen molar-refractivity contribution in [2.45, 2.75) is 18.8 Å². The Hall–Kier alpha value is -2.96. The van der Waals surface area contributed by atoms with Crippen LogP contribution in [0.5, 0.6) is 0 Å². The van der Waals surface area contributed by atoms with E-state index < -0.39 is 0 Å². The quantitative estimate of drug-likeness (QED) is 0.561. The molecule has 5 rings (SSSR count). The molecule has 1 atom stereocenters. The smallest absolute Gasteiger partial charge is 0.200 e. The van der Waals surface area contributed by atoms with Gasteiger partial charge in [0.1, 0.15) is 17.7 Å². The van der Waals surface area contributed by atoms with E-state index in [0.29, 0.717) is 0 Å². The first-order valence-electron chi connectivity index (χ1n) is 8.53. The standard InChI is InChI=1S/C18H18N6O/c1-23-16-13(9-21-23)17(20-11-19-16)24-8-4-5-12(10-24)18-22-14-6-2-3-7-15(14)25-18/h2-3,6-7,9,11-12H,4-5,8,10H2,1H3/t12-/m0/s1. The van der Waals surface area contributed by atoms with Crippen molar-refractivity contribution in [1.82, 2.24) is 24.7 Å². The molecule has 0 bridgehead atoms. The molecule has 0 N–H and O–H groups in total. The maximum Gasteiger partial charge on any atom is 0.200 e. The van der Waals surface area contributed by atoms with E-state index in [4.69, 9.17) is 4.42 Å². The molecule has 1 aliphatic heterocycles. The Bertz CT molecular complexity index is 1020. The van der Waals surface area contributed by atoms with Gasteiger partial charge in [-0.25, -0.2) is 15.0 Å². The summed E-state index contributed by atoms with van der Waals surface area (Å²) in [5.41, 5.74) is 2.63. The predicted molar refractivity (Wildman–Crippen MR) is 94.5 cm³/mol. The van der Waals surface area contributed by atoms with Gasteiger partial charge in [-0.1, -0.05) is 12.1 Å². The summed E-state index contributed by atoms with van der Waals surface area (Å²) in [4.78, 5) is 15.8. The van der Waals surface area contributed by atoms with Crippen molar-refractivity contribution in [2.75, 3.05) is 18.0 Å². The highest BCUT2D eigenvalue weighted by Crippen LogP contribution is 2.32. The molecule has 25 heavy (non-hydrogen) atoms. The van der Waals surface area contributed by atoms with Crippen LogP contribution in [0.1, 0.15) is 24.7 Å². The third-order valence-corrected chi connectivity index (χ3v) is 4.89. The average Bonchev–Trinajstić information content (AvgIpc) is 3.26. The van der Waals surface area contributed by atoms with Gasteiger partial charge in [-0.2, -0.15) is 5.10 Å². The molecule has 4 heterocycles. The monoisotopic (exact) mass is 334 g/mol. The van der Waals surface area contributed by atoms with Crippen LogP contribution in [0, 0.1) is 0 Å². The highest BCUT2D eigenvalue weighted by Gasteiger charge is 2.27. The Morgan fingerprint density at radius 1 is 1.20 bits per heavy atom. The SMILES string of the molecule is Cn1ncc2c(N3CCC[C@H](c4nc5ccccc5o4)C3)ncnc21. The first-order chi connectivity index (χ1) is 12.3. The highest BCUT2D eigenvalue weighted by atomic mass is 16.3. The minimum atomic E-state index is 0.267. The molecule has 3 aromatic heterocycles. The number of benzene rings is 1. The van der Waals surface area contributed by atoms with Gasteiger partial charge in [0, 0.05) is 20.1 Å². The van der Waals surface area contributed by atoms with E-state index in [1.54, 1.807) is 11.0 Å². The van der Waals surface area contributed by atoms with Gasteiger partial charge in [0.15, 0.2) is 17.1 Å². The topological polar surface area (TPSA) is 72.9 Å². The molecule has 1 aromatic carbocycles. The van der Waals surface area contributed by atoms with E-state index in [9.17, 15) is 0 Å². The lowest BCUT2D eigenvalue weighted by atomic mass is 9.98. The van der Waals surface area contributed by atoms with Crippen molar-refractivity contribution < 1.29 is 4.42 Å². The van der Waals surface area contributed by atoms with Gasteiger partial charge in [0.2, 0.25) is 0 Å². The summed E-state index contributed by atoms with van der Waals surface area (Å²) in [7, 11) is 1.90. The zero-order valence-corrected chi connectivity index (χ0v) is 14.0. The number of anilines is 1.